The molecule has 0 radical (unpaired) electrons. The largest absolute Gasteiger partial charge is 0.351 e. The summed E-state index contributed by atoms with van der Waals surface area (Å²) in [6, 6.07) is 3.89. The smallest absolute Gasteiger partial charge is 0.275 e. The highest BCUT2D eigenvalue weighted by atomic mass is 32.1. The van der Waals surface area contributed by atoms with Crippen LogP contribution in [0.3, 0.4) is 0 Å². The molecule has 3 heterocycles. The van der Waals surface area contributed by atoms with Crippen LogP contribution in [0.5, 0.6) is 0 Å². The Hall–Kier alpha value is -2.03. The van der Waals surface area contributed by atoms with Crippen LogP contribution in [0.25, 0.3) is 20.7 Å². The Morgan fingerprint density at radius 3 is 2.92 bits per heavy atom. The molecule has 3 rings (SSSR count). The zero-order valence-electron chi connectivity index (χ0n) is 15.1. The van der Waals surface area contributed by atoms with Gasteiger partial charge in [-0.3, -0.25) is 9.59 Å². The molecule has 0 fully saturated rings. The molecule has 0 aliphatic rings. The van der Waals surface area contributed by atoms with Crippen molar-refractivity contribution >= 4 is 38.8 Å². The first-order chi connectivity index (χ1) is 12.5. The molecule has 8 heteroatoms. The minimum absolute atomic E-state index is 0.00994. The molecule has 2 atom stereocenters. The Balaban J connectivity index is 1.85. The monoisotopic (exact) mass is 391 g/mol. The Labute approximate surface area is 159 Å². The summed E-state index contributed by atoms with van der Waals surface area (Å²) in [4.78, 5) is 35.0. The quantitative estimate of drug-likeness (QED) is 0.575. The Morgan fingerprint density at radius 2 is 2.23 bits per heavy atom. The number of rotatable bonds is 7. The number of aromatic amines is 1. The summed E-state index contributed by atoms with van der Waals surface area (Å²) in [6.07, 6.45) is 0.914. The molecule has 0 aromatic carbocycles. The topological polar surface area (TPSA) is 79.3 Å². The lowest BCUT2D eigenvalue weighted by Crippen LogP contribution is -3.10. The van der Waals surface area contributed by atoms with Crippen molar-refractivity contribution in [3.05, 3.63) is 39.1 Å². The van der Waals surface area contributed by atoms with Gasteiger partial charge in [0, 0.05) is 22.4 Å². The lowest BCUT2D eigenvalue weighted by molar-refractivity contribution is -0.903. The molecule has 138 valence electrons. The number of amides is 1. The van der Waals surface area contributed by atoms with Gasteiger partial charge in [0.05, 0.1) is 12.4 Å². The normalized spacial score (nSPS) is 13.7. The summed E-state index contributed by atoms with van der Waals surface area (Å²) in [7, 11) is 1.94. The summed E-state index contributed by atoms with van der Waals surface area (Å²) >= 11 is 3.09. The fraction of sp³-hybridized carbons (Fsp3) is 0.389. The third-order valence-corrected chi connectivity index (χ3v) is 6.19. The third kappa shape index (κ3) is 3.87. The molecule has 0 saturated heterocycles. The van der Waals surface area contributed by atoms with Gasteiger partial charge < -0.3 is 15.2 Å². The highest BCUT2D eigenvalue weighted by Gasteiger charge is 2.22. The van der Waals surface area contributed by atoms with E-state index in [1.807, 2.05) is 43.8 Å². The standard InChI is InChI=1S/C18H22N4O2S2/c1-4-7-19-14(23)9-22(3)11(2)16-20-17(24)15-12(10-26-18(15)21-16)13-6-5-8-25-13/h5-6,8,10-11H,4,7,9H2,1-3H3,(H,19,23)(H,20,21,24)/p+1/t11-/m1/s1. The highest BCUT2D eigenvalue weighted by Crippen LogP contribution is 2.33. The first-order valence-corrected chi connectivity index (χ1v) is 10.4. The molecule has 0 aliphatic carbocycles. The van der Waals surface area contributed by atoms with E-state index in [0.717, 1.165) is 26.6 Å². The first kappa shape index (κ1) is 18.8. The molecule has 1 unspecified atom stereocenters. The second-order valence-electron chi connectivity index (χ2n) is 6.35. The van der Waals surface area contributed by atoms with Crippen LogP contribution in [0, 0.1) is 0 Å². The number of quaternary nitrogens is 1. The molecule has 26 heavy (non-hydrogen) atoms. The van der Waals surface area contributed by atoms with Crippen molar-refractivity contribution in [1.82, 2.24) is 15.3 Å². The highest BCUT2D eigenvalue weighted by molar-refractivity contribution is 7.18. The van der Waals surface area contributed by atoms with Crippen LogP contribution >= 0.6 is 22.7 Å². The van der Waals surface area contributed by atoms with Crippen molar-refractivity contribution in [1.29, 1.82) is 0 Å². The average molecular weight is 392 g/mol. The Kier molecular flexibility index (Phi) is 5.85. The van der Waals surface area contributed by atoms with Crippen molar-refractivity contribution in [3.8, 4) is 10.4 Å². The number of likely N-dealkylation sites (N-methyl/N-ethyl adjacent to an activating group) is 1. The minimum Gasteiger partial charge on any atom is -0.351 e. The molecule has 3 aromatic rings. The predicted octanol–water partition coefficient (Wildman–Crippen LogP) is 1.81. The van der Waals surface area contributed by atoms with Gasteiger partial charge in [0.1, 0.15) is 10.9 Å². The van der Waals surface area contributed by atoms with E-state index >= 15 is 0 Å². The molecular weight excluding hydrogens is 368 g/mol. The van der Waals surface area contributed by atoms with Crippen LogP contribution in [0.4, 0.5) is 0 Å². The van der Waals surface area contributed by atoms with Gasteiger partial charge in [-0.15, -0.1) is 22.7 Å². The SMILES string of the molecule is CCCNC(=O)C[NH+](C)[C@H](C)c1nc2scc(-c3cccs3)c2c(=O)[nH]1. The van der Waals surface area contributed by atoms with E-state index in [-0.39, 0.29) is 17.5 Å². The number of carbonyl (C=O) groups excluding carboxylic acids is 1. The molecule has 3 aromatic heterocycles. The second-order valence-corrected chi connectivity index (χ2v) is 8.16. The Bertz CT molecular complexity index is 946. The lowest BCUT2D eigenvalue weighted by atomic mass is 10.2. The summed E-state index contributed by atoms with van der Waals surface area (Å²) in [5.74, 6) is 0.624. The first-order valence-electron chi connectivity index (χ1n) is 8.65. The maximum Gasteiger partial charge on any atom is 0.275 e. The number of fused-ring (bicyclic) bond motifs is 1. The molecule has 0 spiro atoms. The van der Waals surface area contributed by atoms with E-state index in [1.54, 1.807) is 11.3 Å². The van der Waals surface area contributed by atoms with Crippen molar-refractivity contribution in [2.75, 3.05) is 20.1 Å². The molecule has 0 aliphatic heterocycles. The molecular formula is C18H23N4O2S2+. The summed E-state index contributed by atoms with van der Waals surface area (Å²) in [5.41, 5.74) is 0.817. The maximum absolute atomic E-state index is 12.7. The van der Waals surface area contributed by atoms with Crippen LogP contribution in [-0.2, 0) is 4.79 Å². The van der Waals surface area contributed by atoms with Crippen LogP contribution in [0.15, 0.2) is 27.7 Å². The molecule has 0 saturated carbocycles. The lowest BCUT2D eigenvalue weighted by Gasteiger charge is -2.20. The number of hydrogen-bond acceptors (Lipinski definition) is 5. The second kappa shape index (κ2) is 8.11. The number of nitrogens with one attached hydrogen (secondary N) is 3. The van der Waals surface area contributed by atoms with Gasteiger partial charge in [-0.05, 0) is 24.8 Å². The number of H-pyrrole nitrogens is 1. The molecule has 0 bridgehead atoms. The summed E-state index contributed by atoms with van der Waals surface area (Å²) < 4.78 is 0. The third-order valence-electron chi connectivity index (χ3n) is 4.41. The fourth-order valence-electron chi connectivity index (χ4n) is 2.75. The molecule has 1 amide bonds. The zero-order valence-corrected chi connectivity index (χ0v) is 16.7. The molecule has 6 nitrogen and oxygen atoms in total. The summed E-state index contributed by atoms with van der Waals surface area (Å²) in [6.45, 7) is 5.02. The average Bonchev–Trinajstić information content (AvgIpc) is 3.28. The van der Waals surface area contributed by atoms with Crippen LogP contribution < -0.4 is 15.8 Å². The number of carbonyl (C=O) groups is 1. The van der Waals surface area contributed by atoms with Crippen LogP contribution in [-0.4, -0.2) is 36.0 Å². The molecule has 3 N–H and O–H groups in total. The van der Waals surface area contributed by atoms with E-state index in [4.69, 9.17) is 0 Å². The Morgan fingerprint density at radius 1 is 1.42 bits per heavy atom. The van der Waals surface area contributed by atoms with E-state index in [9.17, 15) is 9.59 Å². The zero-order chi connectivity index (χ0) is 18.7. The van der Waals surface area contributed by atoms with E-state index in [2.05, 4.69) is 15.3 Å². The predicted molar refractivity (Wildman–Crippen MR) is 107 cm³/mol. The van der Waals surface area contributed by atoms with Crippen molar-refractivity contribution in [3.63, 3.8) is 0 Å². The minimum atomic E-state index is -0.121. The van der Waals surface area contributed by atoms with Gasteiger partial charge in [-0.2, -0.15) is 0 Å². The van der Waals surface area contributed by atoms with E-state index in [0.29, 0.717) is 24.3 Å². The number of hydrogen-bond donors (Lipinski definition) is 3. The van der Waals surface area contributed by atoms with Gasteiger partial charge in [0.2, 0.25) is 0 Å². The van der Waals surface area contributed by atoms with Gasteiger partial charge in [-0.25, -0.2) is 4.98 Å². The van der Waals surface area contributed by atoms with Crippen LogP contribution in [0.2, 0.25) is 0 Å². The van der Waals surface area contributed by atoms with E-state index < -0.39 is 0 Å². The van der Waals surface area contributed by atoms with Gasteiger partial charge in [-0.1, -0.05) is 13.0 Å². The fourth-order valence-corrected chi connectivity index (χ4v) is 4.52. The van der Waals surface area contributed by atoms with Crippen molar-refractivity contribution in [2.45, 2.75) is 26.3 Å². The van der Waals surface area contributed by atoms with E-state index in [1.165, 1.54) is 11.3 Å². The van der Waals surface area contributed by atoms with Crippen molar-refractivity contribution in [2.24, 2.45) is 0 Å². The maximum atomic E-state index is 12.7. The van der Waals surface area contributed by atoms with Crippen LogP contribution in [0.1, 0.15) is 32.1 Å². The number of thiophene rings is 2. The van der Waals surface area contributed by atoms with Crippen molar-refractivity contribution < 1.29 is 9.69 Å². The van der Waals surface area contributed by atoms with Gasteiger partial charge in [0.15, 0.2) is 12.4 Å². The number of aromatic nitrogens is 2. The van der Waals surface area contributed by atoms with Gasteiger partial charge in [0.25, 0.3) is 11.5 Å². The summed E-state index contributed by atoms with van der Waals surface area (Å²) in [5, 5.41) is 7.51. The van der Waals surface area contributed by atoms with Gasteiger partial charge >= 0.3 is 0 Å². The number of nitrogens with zero attached hydrogens (tertiary/aromatic N) is 1.